The summed E-state index contributed by atoms with van der Waals surface area (Å²) in [5.41, 5.74) is 7.25. The smallest absolute Gasteiger partial charge is 0.248 e. The van der Waals surface area contributed by atoms with Crippen molar-refractivity contribution in [2.24, 2.45) is 0 Å². The number of benzene rings is 2. The third-order valence-corrected chi connectivity index (χ3v) is 3.84. The Kier molecular flexibility index (Phi) is 5.35. The summed E-state index contributed by atoms with van der Waals surface area (Å²) in [4.78, 5) is 8.32. The van der Waals surface area contributed by atoms with Crippen LogP contribution in [0.15, 0.2) is 59.3 Å². The minimum absolute atomic E-state index is 0.286. The summed E-state index contributed by atoms with van der Waals surface area (Å²) in [7, 11) is 0. The van der Waals surface area contributed by atoms with E-state index < -0.39 is 0 Å². The summed E-state index contributed by atoms with van der Waals surface area (Å²) in [6.45, 7) is 2.50. The highest BCUT2D eigenvalue weighted by Crippen LogP contribution is 2.33. The summed E-state index contributed by atoms with van der Waals surface area (Å²) in [5, 5.41) is 3.17. The largest absolute Gasteiger partial charge is 0.492 e. The minimum Gasteiger partial charge on any atom is -0.492 e. The molecular formula is C18H17BrN4O2. The molecule has 3 N–H and O–H groups in total. The van der Waals surface area contributed by atoms with Crippen LogP contribution in [0, 0.1) is 0 Å². The van der Waals surface area contributed by atoms with Crippen LogP contribution in [0.25, 0.3) is 0 Å². The number of nitrogens with one attached hydrogen (secondary N) is 1. The van der Waals surface area contributed by atoms with Crippen LogP contribution in [0.1, 0.15) is 6.92 Å². The monoisotopic (exact) mass is 400 g/mol. The summed E-state index contributed by atoms with van der Waals surface area (Å²) in [5.74, 6) is 2.09. The molecule has 0 unspecified atom stereocenters. The van der Waals surface area contributed by atoms with E-state index >= 15 is 0 Å². The fourth-order valence-corrected chi connectivity index (χ4v) is 2.42. The molecule has 3 rings (SSSR count). The van der Waals surface area contributed by atoms with Crippen LogP contribution in [-0.4, -0.2) is 16.6 Å². The van der Waals surface area contributed by atoms with E-state index in [9.17, 15) is 0 Å². The summed E-state index contributed by atoms with van der Waals surface area (Å²) >= 11 is 3.39. The minimum atomic E-state index is 0.286. The van der Waals surface area contributed by atoms with Crippen molar-refractivity contribution in [3.63, 3.8) is 0 Å². The summed E-state index contributed by atoms with van der Waals surface area (Å²) in [6, 6.07) is 15.0. The lowest BCUT2D eigenvalue weighted by atomic mass is 10.3. The summed E-state index contributed by atoms with van der Waals surface area (Å²) in [6.07, 6.45) is 1.40. The van der Waals surface area contributed by atoms with Gasteiger partial charge in [-0.15, -0.1) is 0 Å². The predicted octanol–water partition coefficient (Wildman–Crippen LogP) is 4.76. The van der Waals surface area contributed by atoms with E-state index in [2.05, 4.69) is 31.2 Å². The van der Waals surface area contributed by atoms with Gasteiger partial charge in [-0.3, -0.25) is 0 Å². The zero-order chi connectivity index (χ0) is 17.6. The van der Waals surface area contributed by atoms with Crippen LogP contribution in [0.3, 0.4) is 0 Å². The van der Waals surface area contributed by atoms with Crippen molar-refractivity contribution in [2.45, 2.75) is 6.92 Å². The SMILES string of the molecule is CCOc1ccccc1Nc1ncnc(Oc2ccc(Br)cc2)c1N. The lowest BCUT2D eigenvalue weighted by Crippen LogP contribution is -2.04. The molecule has 0 saturated heterocycles. The quantitative estimate of drug-likeness (QED) is 0.620. The first-order valence-corrected chi connectivity index (χ1v) is 8.49. The normalized spacial score (nSPS) is 10.3. The van der Waals surface area contributed by atoms with E-state index in [1.165, 1.54) is 6.33 Å². The molecule has 0 aliphatic rings. The second-order valence-electron chi connectivity index (χ2n) is 5.05. The number of nitrogens with two attached hydrogens (primary N) is 1. The van der Waals surface area contributed by atoms with Crippen LogP contribution in [-0.2, 0) is 0 Å². The molecule has 0 bridgehead atoms. The van der Waals surface area contributed by atoms with Gasteiger partial charge in [0.2, 0.25) is 5.88 Å². The number of hydrogen-bond acceptors (Lipinski definition) is 6. The number of halogens is 1. The average Bonchev–Trinajstić information content (AvgIpc) is 2.62. The molecule has 0 saturated carbocycles. The van der Waals surface area contributed by atoms with Crippen LogP contribution in [0.2, 0.25) is 0 Å². The number of hydrogen-bond donors (Lipinski definition) is 2. The molecule has 1 heterocycles. The number of rotatable bonds is 6. The maximum absolute atomic E-state index is 6.17. The standard InChI is InChI=1S/C18H17BrN4O2/c1-2-24-15-6-4-3-5-14(15)23-17-16(20)18(22-11-21-17)25-13-9-7-12(19)8-10-13/h3-11H,2,20H2,1H3,(H,21,22,23). The molecule has 0 aliphatic carbocycles. The van der Waals surface area contributed by atoms with Crippen LogP contribution < -0.4 is 20.5 Å². The second kappa shape index (κ2) is 7.85. The molecule has 3 aromatic rings. The van der Waals surface area contributed by atoms with Gasteiger partial charge >= 0.3 is 0 Å². The summed E-state index contributed by atoms with van der Waals surface area (Å²) < 4.78 is 12.3. The molecule has 7 heteroatoms. The van der Waals surface area contributed by atoms with Gasteiger partial charge in [-0.05, 0) is 43.3 Å². The van der Waals surface area contributed by atoms with Gasteiger partial charge < -0.3 is 20.5 Å². The zero-order valence-corrected chi connectivity index (χ0v) is 15.2. The van der Waals surface area contributed by atoms with E-state index in [0.717, 1.165) is 15.9 Å². The topological polar surface area (TPSA) is 82.3 Å². The van der Waals surface area contributed by atoms with Gasteiger partial charge in [0.15, 0.2) is 5.82 Å². The first-order chi connectivity index (χ1) is 12.2. The third kappa shape index (κ3) is 4.19. The number of nitrogen functional groups attached to an aromatic ring is 1. The lowest BCUT2D eigenvalue weighted by molar-refractivity contribution is 0.342. The fraction of sp³-hybridized carbons (Fsp3) is 0.111. The van der Waals surface area contributed by atoms with Crippen molar-refractivity contribution in [3.8, 4) is 17.4 Å². The average molecular weight is 401 g/mol. The van der Waals surface area contributed by atoms with Crippen molar-refractivity contribution < 1.29 is 9.47 Å². The van der Waals surface area contributed by atoms with Gasteiger partial charge in [-0.2, -0.15) is 4.98 Å². The molecule has 0 atom stereocenters. The van der Waals surface area contributed by atoms with Crippen molar-refractivity contribution in [2.75, 3.05) is 17.7 Å². The highest BCUT2D eigenvalue weighted by molar-refractivity contribution is 9.10. The van der Waals surface area contributed by atoms with E-state index in [1.807, 2.05) is 55.5 Å². The highest BCUT2D eigenvalue weighted by atomic mass is 79.9. The lowest BCUT2D eigenvalue weighted by Gasteiger charge is -2.14. The fourth-order valence-electron chi connectivity index (χ4n) is 2.15. The molecule has 25 heavy (non-hydrogen) atoms. The number of aromatic nitrogens is 2. The Bertz CT molecular complexity index is 856. The molecule has 0 radical (unpaired) electrons. The van der Waals surface area contributed by atoms with Crippen LogP contribution in [0.5, 0.6) is 17.4 Å². The second-order valence-corrected chi connectivity index (χ2v) is 5.97. The predicted molar refractivity (Wildman–Crippen MR) is 102 cm³/mol. The van der Waals surface area contributed by atoms with Gasteiger partial charge in [-0.1, -0.05) is 28.1 Å². The van der Waals surface area contributed by atoms with Crippen LogP contribution in [0.4, 0.5) is 17.2 Å². The molecule has 0 spiro atoms. The van der Waals surface area contributed by atoms with Crippen LogP contribution >= 0.6 is 15.9 Å². The third-order valence-electron chi connectivity index (χ3n) is 3.32. The van der Waals surface area contributed by atoms with Gasteiger partial charge in [0.05, 0.1) is 12.3 Å². The molecule has 6 nitrogen and oxygen atoms in total. The number of anilines is 3. The van der Waals surface area contributed by atoms with Crippen molar-refractivity contribution >= 4 is 33.1 Å². The van der Waals surface area contributed by atoms with Crippen molar-refractivity contribution in [3.05, 3.63) is 59.3 Å². The maximum atomic E-state index is 6.17. The Balaban J connectivity index is 1.85. The molecule has 0 fully saturated rings. The molecule has 1 aromatic heterocycles. The maximum Gasteiger partial charge on any atom is 0.248 e. The Labute approximate surface area is 154 Å². The van der Waals surface area contributed by atoms with E-state index in [-0.39, 0.29) is 5.88 Å². The van der Waals surface area contributed by atoms with E-state index in [0.29, 0.717) is 23.9 Å². The zero-order valence-electron chi connectivity index (χ0n) is 13.6. The Morgan fingerprint density at radius 2 is 1.84 bits per heavy atom. The molecular weight excluding hydrogens is 384 g/mol. The van der Waals surface area contributed by atoms with E-state index in [1.54, 1.807) is 0 Å². The highest BCUT2D eigenvalue weighted by Gasteiger charge is 2.12. The number of ether oxygens (including phenoxy) is 2. The molecule has 0 aliphatic heterocycles. The Hall–Kier alpha value is -2.80. The molecule has 128 valence electrons. The van der Waals surface area contributed by atoms with Gasteiger partial charge in [0.1, 0.15) is 23.5 Å². The number of nitrogens with zero attached hydrogens (tertiary/aromatic N) is 2. The first-order valence-electron chi connectivity index (χ1n) is 7.70. The van der Waals surface area contributed by atoms with Gasteiger partial charge in [0.25, 0.3) is 0 Å². The van der Waals surface area contributed by atoms with Crippen molar-refractivity contribution in [1.82, 2.24) is 9.97 Å². The van der Waals surface area contributed by atoms with Gasteiger partial charge in [0, 0.05) is 4.47 Å². The van der Waals surface area contributed by atoms with Gasteiger partial charge in [-0.25, -0.2) is 4.98 Å². The Morgan fingerprint density at radius 3 is 2.60 bits per heavy atom. The molecule has 0 amide bonds. The first kappa shape index (κ1) is 17.0. The molecule has 2 aromatic carbocycles. The number of para-hydroxylation sites is 2. The Morgan fingerprint density at radius 1 is 1.08 bits per heavy atom. The van der Waals surface area contributed by atoms with E-state index in [4.69, 9.17) is 15.2 Å². The van der Waals surface area contributed by atoms with Crippen molar-refractivity contribution in [1.29, 1.82) is 0 Å².